The zero-order chi connectivity index (χ0) is 23.5. The smallest absolute Gasteiger partial charge is 0.147 e. The number of piperazine rings is 1. The Bertz CT molecular complexity index is 1250. The van der Waals surface area contributed by atoms with Crippen LogP contribution in [-0.2, 0) is 24.2 Å². The van der Waals surface area contributed by atoms with Gasteiger partial charge in [-0.15, -0.1) is 0 Å². The number of benzene rings is 2. The van der Waals surface area contributed by atoms with E-state index in [2.05, 4.69) is 51.3 Å². The lowest BCUT2D eigenvalue weighted by atomic mass is 9.96. The summed E-state index contributed by atoms with van der Waals surface area (Å²) in [6.45, 7) is 7.25. The highest BCUT2D eigenvalue weighted by atomic mass is 16.1. The Morgan fingerprint density at radius 1 is 1.21 bits per heavy atom. The van der Waals surface area contributed by atoms with Crippen molar-refractivity contribution in [2.24, 2.45) is 0 Å². The van der Waals surface area contributed by atoms with Crippen LogP contribution in [0, 0.1) is 11.3 Å². The molecule has 6 nitrogen and oxygen atoms in total. The minimum atomic E-state index is 0.274. The van der Waals surface area contributed by atoms with Crippen molar-refractivity contribution >= 4 is 22.4 Å². The summed E-state index contributed by atoms with van der Waals surface area (Å²) in [5.74, 6) is 0.313. The first-order valence-corrected chi connectivity index (χ1v) is 12.2. The quantitative estimate of drug-likeness (QED) is 0.616. The second-order valence-corrected chi connectivity index (χ2v) is 9.48. The number of carbonyl (C=O) groups excluding carboxylic acids is 1. The fourth-order valence-electron chi connectivity index (χ4n) is 5.25. The Hall–Kier alpha value is -3.27. The number of ketones is 1. The van der Waals surface area contributed by atoms with Crippen molar-refractivity contribution in [3.05, 3.63) is 70.9 Å². The number of anilines is 1. The van der Waals surface area contributed by atoms with Crippen LogP contribution < -0.4 is 10.2 Å². The van der Waals surface area contributed by atoms with Gasteiger partial charge in [-0.2, -0.15) is 5.26 Å². The number of aryl methyl sites for hydroxylation is 1. The number of nitrogens with one attached hydrogen (secondary N) is 1. The molecule has 0 spiro atoms. The minimum Gasteiger partial charge on any atom is -0.368 e. The fraction of sp³-hybridized carbons (Fsp3) is 0.393. The summed E-state index contributed by atoms with van der Waals surface area (Å²) in [7, 11) is 0. The predicted octanol–water partition coefficient (Wildman–Crippen LogP) is 3.46. The molecule has 2 aliphatic rings. The molecule has 174 valence electrons. The van der Waals surface area contributed by atoms with Crippen LogP contribution in [0.2, 0.25) is 0 Å². The molecule has 1 unspecified atom stereocenters. The van der Waals surface area contributed by atoms with Crippen LogP contribution in [0.4, 0.5) is 5.69 Å². The van der Waals surface area contributed by atoms with E-state index in [1.165, 1.54) is 16.7 Å². The number of hydrogen-bond donors (Lipinski definition) is 1. The number of aromatic nitrogens is 1. The van der Waals surface area contributed by atoms with Crippen molar-refractivity contribution in [2.75, 3.05) is 37.6 Å². The van der Waals surface area contributed by atoms with Crippen molar-refractivity contribution < 1.29 is 4.79 Å². The third kappa shape index (κ3) is 4.68. The average Bonchev–Trinajstić information content (AvgIpc) is 2.88. The van der Waals surface area contributed by atoms with Gasteiger partial charge in [-0.3, -0.25) is 14.7 Å². The van der Waals surface area contributed by atoms with Crippen LogP contribution in [0.3, 0.4) is 0 Å². The average molecular weight is 454 g/mol. The van der Waals surface area contributed by atoms with E-state index in [9.17, 15) is 10.1 Å². The second kappa shape index (κ2) is 9.92. The molecule has 1 saturated heterocycles. The molecule has 3 aromatic rings. The Labute approximate surface area is 201 Å². The van der Waals surface area contributed by atoms with Gasteiger partial charge in [-0.1, -0.05) is 18.2 Å². The van der Waals surface area contributed by atoms with Gasteiger partial charge in [0.25, 0.3) is 0 Å². The Morgan fingerprint density at radius 3 is 2.97 bits per heavy atom. The van der Waals surface area contributed by atoms with E-state index in [1.54, 1.807) is 6.20 Å². The molecular weight excluding hydrogens is 422 g/mol. The summed E-state index contributed by atoms with van der Waals surface area (Å²) in [5.41, 5.74) is 6.56. The summed E-state index contributed by atoms with van der Waals surface area (Å²) in [6.07, 6.45) is 4.22. The van der Waals surface area contributed by atoms with Gasteiger partial charge in [0.1, 0.15) is 11.9 Å². The molecule has 1 atom stereocenters. The molecule has 1 aromatic heterocycles. The van der Waals surface area contributed by atoms with Gasteiger partial charge in [0.15, 0.2) is 0 Å². The van der Waals surface area contributed by atoms with Gasteiger partial charge in [-0.05, 0) is 67.3 Å². The normalized spacial score (nSPS) is 18.5. The third-order valence-corrected chi connectivity index (χ3v) is 7.20. The minimum absolute atomic E-state index is 0.274. The molecule has 2 aromatic carbocycles. The number of Topliss-reactive ketones (excluding diaryl/α,β-unsaturated/α-hetero) is 1. The zero-order valence-corrected chi connectivity index (χ0v) is 19.8. The maximum absolute atomic E-state index is 12.8. The van der Waals surface area contributed by atoms with E-state index in [4.69, 9.17) is 0 Å². The molecule has 0 saturated carbocycles. The highest BCUT2D eigenvalue weighted by Gasteiger charge is 2.26. The lowest BCUT2D eigenvalue weighted by molar-refractivity contribution is -0.120. The van der Waals surface area contributed by atoms with E-state index in [0.29, 0.717) is 24.3 Å². The van der Waals surface area contributed by atoms with Crippen LogP contribution in [0.25, 0.3) is 10.9 Å². The summed E-state index contributed by atoms with van der Waals surface area (Å²) in [6, 6.07) is 17.1. The summed E-state index contributed by atoms with van der Waals surface area (Å²) >= 11 is 0. The van der Waals surface area contributed by atoms with Crippen molar-refractivity contribution in [1.29, 1.82) is 5.26 Å². The Morgan fingerprint density at radius 2 is 2.12 bits per heavy atom. The molecule has 1 N–H and O–H groups in total. The van der Waals surface area contributed by atoms with Crippen LogP contribution in [0.1, 0.15) is 35.6 Å². The first-order valence-electron chi connectivity index (χ1n) is 12.2. The van der Waals surface area contributed by atoms with Crippen molar-refractivity contribution in [3.8, 4) is 6.07 Å². The van der Waals surface area contributed by atoms with Crippen LogP contribution >= 0.6 is 0 Å². The number of nitrogens with zero attached hydrogens (tertiary/aromatic N) is 4. The van der Waals surface area contributed by atoms with Gasteiger partial charge in [0.05, 0.1) is 17.6 Å². The van der Waals surface area contributed by atoms with Gasteiger partial charge >= 0.3 is 0 Å². The maximum atomic E-state index is 12.8. The van der Waals surface area contributed by atoms with Gasteiger partial charge in [-0.25, -0.2) is 0 Å². The first kappa shape index (κ1) is 22.5. The first-order chi connectivity index (χ1) is 16.6. The highest BCUT2D eigenvalue weighted by Crippen LogP contribution is 2.29. The van der Waals surface area contributed by atoms with E-state index in [0.717, 1.165) is 62.2 Å². The number of fused-ring (bicyclic) bond motifs is 2. The fourth-order valence-corrected chi connectivity index (χ4v) is 5.25. The number of rotatable bonds is 6. The highest BCUT2D eigenvalue weighted by molar-refractivity contribution is 5.95. The standard InChI is InChI=1S/C28H31N5O/c1-20-18-33(27-9-7-23(16-29)28-26(27)3-2-11-31-28)14-13-32(20)19-25(34)8-5-21-4-6-24-17-30-12-10-22(24)15-21/h2-4,6-7,9,11,15,20,30H,5,8,10,12-14,17-19H2,1H3. The lowest BCUT2D eigenvalue weighted by Crippen LogP contribution is -2.53. The molecule has 3 heterocycles. The summed E-state index contributed by atoms with van der Waals surface area (Å²) < 4.78 is 0. The van der Waals surface area contributed by atoms with Crippen molar-refractivity contribution in [1.82, 2.24) is 15.2 Å². The van der Waals surface area contributed by atoms with Crippen molar-refractivity contribution in [2.45, 2.75) is 38.8 Å². The van der Waals surface area contributed by atoms with E-state index in [-0.39, 0.29) is 6.04 Å². The lowest BCUT2D eigenvalue weighted by Gasteiger charge is -2.41. The molecular formula is C28H31N5O. The molecule has 34 heavy (non-hydrogen) atoms. The van der Waals surface area contributed by atoms with Crippen molar-refractivity contribution in [3.63, 3.8) is 0 Å². The SMILES string of the molecule is CC1CN(c2ccc(C#N)c3ncccc23)CCN1CC(=O)CCc1ccc2c(c1)CCNC2. The Balaban J connectivity index is 1.18. The number of carbonyl (C=O) groups is 1. The Kier molecular flexibility index (Phi) is 6.57. The topological polar surface area (TPSA) is 72.3 Å². The van der Waals surface area contributed by atoms with Crippen LogP contribution in [-0.4, -0.2) is 54.4 Å². The molecule has 5 rings (SSSR count). The van der Waals surface area contributed by atoms with Crippen LogP contribution in [0.5, 0.6) is 0 Å². The number of pyridine rings is 1. The molecule has 2 aliphatic heterocycles. The monoisotopic (exact) mass is 453 g/mol. The van der Waals surface area contributed by atoms with E-state index < -0.39 is 0 Å². The zero-order valence-electron chi connectivity index (χ0n) is 19.8. The maximum Gasteiger partial charge on any atom is 0.147 e. The predicted molar refractivity (Wildman–Crippen MR) is 135 cm³/mol. The number of hydrogen-bond acceptors (Lipinski definition) is 6. The van der Waals surface area contributed by atoms with E-state index >= 15 is 0 Å². The van der Waals surface area contributed by atoms with Gasteiger partial charge in [0, 0.05) is 55.9 Å². The third-order valence-electron chi connectivity index (χ3n) is 7.20. The molecule has 1 fully saturated rings. The van der Waals surface area contributed by atoms with E-state index in [1.807, 2.05) is 24.3 Å². The van der Waals surface area contributed by atoms with Gasteiger partial charge in [0.2, 0.25) is 0 Å². The molecule has 0 bridgehead atoms. The molecule has 0 amide bonds. The second-order valence-electron chi connectivity index (χ2n) is 9.48. The van der Waals surface area contributed by atoms with Crippen LogP contribution in [0.15, 0.2) is 48.7 Å². The molecule has 0 radical (unpaired) electrons. The summed E-state index contributed by atoms with van der Waals surface area (Å²) in [5, 5.41) is 13.8. The largest absolute Gasteiger partial charge is 0.368 e. The molecule has 0 aliphatic carbocycles. The summed E-state index contributed by atoms with van der Waals surface area (Å²) in [4.78, 5) is 21.9. The molecule has 6 heteroatoms. The van der Waals surface area contributed by atoms with Gasteiger partial charge < -0.3 is 10.2 Å². The number of nitriles is 1.